The number of amidine groups is 1. The van der Waals surface area contributed by atoms with Crippen molar-refractivity contribution in [2.24, 2.45) is 4.99 Å². The van der Waals surface area contributed by atoms with E-state index < -0.39 is 11.9 Å². The van der Waals surface area contributed by atoms with E-state index in [4.69, 9.17) is 21.3 Å². The summed E-state index contributed by atoms with van der Waals surface area (Å²) < 4.78 is 6.48. The molecule has 37 heavy (non-hydrogen) atoms. The molecular weight excluding hydrogens is 490 g/mol. The van der Waals surface area contributed by atoms with Gasteiger partial charge in [-0.05, 0) is 61.8 Å². The van der Waals surface area contributed by atoms with Crippen molar-refractivity contribution in [1.82, 2.24) is 21.1 Å². The molecule has 2 unspecified atom stereocenters. The van der Waals surface area contributed by atoms with Crippen LogP contribution in [0.3, 0.4) is 0 Å². The maximum absolute atomic E-state index is 13.8. The van der Waals surface area contributed by atoms with Crippen LogP contribution in [0, 0.1) is 0 Å². The first-order valence-corrected chi connectivity index (χ1v) is 13.9. The fraction of sp³-hybridized carbons (Fsp3) is 0.536. The molecule has 0 radical (unpaired) electrons. The van der Waals surface area contributed by atoms with E-state index >= 15 is 0 Å². The lowest BCUT2D eigenvalue weighted by molar-refractivity contribution is -0.157. The second-order valence-electron chi connectivity index (χ2n) is 10.9. The highest BCUT2D eigenvalue weighted by molar-refractivity contribution is 6.30. The van der Waals surface area contributed by atoms with Gasteiger partial charge >= 0.3 is 0 Å². The summed E-state index contributed by atoms with van der Waals surface area (Å²) in [7, 11) is 0. The Morgan fingerprint density at radius 3 is 2.78 bits per heavy atom. The van der Waals surface area contributed by atoms with Gasteiger partial charge < -0.3 is 10.1 Å². The zero-order chi connectivity index (χ0) is 25.5. The van der Waals surface area contributed by atoms with E-state index in [0.717, 1.165) is 61.9 Å². The number of halogens is 1. The monoisotopic (exact) mass is 523 g/mol. The zero-order valence-corrected chi connectivity index (χ0v) is 21.7. The van der Waals surface area contributed by atoms with Gasteiger partial charge in [0.05, 0.1) is 12.1 Å². The minimum absolute atomic E-state index is 0.0249. The minimum Gasteiger partial charge on any atom is -0.364 e. The number of amides is 2. The molecule has 0 spiro atoms. The van der Waals surface area contributed by atoms with Crippen molar-refractivity contribution in [3.8, 4) is 0 Å². The number of hydrogen-bond acceptors (Lipinski definition) is 6. The zero-order valence-electron chi connectivity index (χ0n) is 21.0. The Bertz CT molecular complexity index is 1170. The van der Waals surface area contributed by atoms with Gasteiger partial charge in [0.1, 0.15) is 11.4 Å². The fourth-order valence-electron chi connectivity index (χ4n) is 5.88. The number of fused-ring (bicyclic) bond motifs is 1. The van der Waals surface area contributed by atoms with E-state index in [0.29, 0.717) is 17.9 Å². The van der Waals surface area contributed by atoms with Gasteiger partial charge in [0.2, 0.25) is 5.91 Å². The Morgan fingerprint density at radius 1 is 1.22 bits per heavy atom. The van der Waals surface area contributed by atoms with Crippen LogP contribution in [-0.4, -0.2) is 47.2 Å². The molecule has 3 aliphatic carbocycles. The van der Waals surface area contributed by atoms with Gasteiger partial charge in [0, 0.05) is 17.5 Å². The van der Waals surface area contributed by atoms with Crippen LogP contribution in [0.1, 0.15) is 69.8 Å². The van der Waals surface area contributed by atoms with E-state index in [-0.39, 0.29) is 36.4 Å². The second kappa shape index (κ2) is 9.89. The summed E-state index contributed by atoms with van der Waals surface area (Å²) in [6, 6.07) is 7.54. The maximum atomic E-state index is 13.8. The molecule has 3 N–H and O–H groups in total. The SMILES string of the molecule is O=C1CC(COC2(C(=O)NC3(c4cccc(Cl)c4)CC3)CCCCC2)NC2N=C(C3=CC=CCC3)NN12. The molecule has 1 aromatic rings. The number of carbonyl (C=O) groups is 2. The van der Waals surface area contributed by atoms with Crippen molar-refractivity contribution in [3.05, 3.63) is 58.7 Å². The smallest absolute Gasteiger partial charge is 0.252 e. The van der Waals surface area contributed by atoms with Crippen LogP contribution in [0.25, 0.3) is 0 Å². The van der Waals surface area contributed by atoms with Gasteiger partial charge in [0.25, 0.3) is 5.91 Å². The highest BCUT2D eigenvalue weighted by atomic mass is 35.5. The van der Waals surface area contributed by atoms with Crippen molar-refractivity contribution in [3.63, 3.8) is 0 Å². The van der Waals surface area contributed by atoms with Gasteiger partial charge in [-0.1, -0.05) is 61.2 Å². The quantitative estimate of drug-likeness (QED) is 0.505. The average molecular weight is 524 g/mol. The van der Waals surface area contributed by atoms with E-state index in [1.165, 1.54) is 0 Å². The third kappa shape index (κ3) is 4.94. The van der Waals surface area contributed by atoms with Gasteiger partial charge in [0.15, 0.2) is 6.29 Å². The molecule has 9 heteroatoms. The highest BCUT2D eigenvalue weighted by Gasteiger charge is 2.51. The molecule has 2 heterocycles. The minimum atomic E-state index is -0.879. The lowest BCUT2D eigenvalue weighted by Gasteiger charge is -2.40. The molecule has 0 bridgehead atoms. The Kier molecular flexibility index (Phi) is 6.59. The Hall–Kier alpha value is -2.68. The number of carbonyl (C=O) groups excluding carboxylic acids is 2. The summed E-state index contributed by atoms with van der Waals surface area (Å²) in [6.07, 6.45) is 14.0. The Balaban J connectivity index is 1.13. The molecule has 2 aliphatic heterocycles. The predicted molar refractivity (Wildman–Crippen MR) is 141 cm³/mol. The number of nitrogens with zero attached hydrogens (tertiary/aromatic N) is 2. The summed E-state index contributed by atoms with van der Waals surface area (Å²) >= 11 is 6.24. The summed E-state index contributed by atoms with van der Waals surface area (Å²) in [4.78, 5) is 31.4. The van der Waals surface area contributed by atoms with Crippen molar-refractivity contribution in [1.29, 1.82) is 0 Å². The molecule has 0 aromatic heterocycles. The number of hydrazine groups is 1. The number of benzene rings is 1. The van der Waals surface area contributed by atoms with Crippen LogP contribution in [0.5, 0.6) is 0 Å². The summed E-state index contributed by atoms with van der Waals surface area (Å²) in [5.74, 6) is 0.673. The van der Waals surface area contributed by atoms with Gasteiger partial charge in [-0.2, -0.15) is 0 Å². The third-order valence-electron chi connectivity index (χ3n) is 8.23. The first-order chi connectivity index (χ1) is 18.0. The number of nitrogens with one attached hydrogen (secondary N) is 3. The predicted octanol–water partition coefficient (Wildman–Crippen LogP) is 3.83. The molecule has 3 fully saturated rings. The molecule has 1 saturated heterocycles. The number of rotatable bonds is 7. The summed E-state index contributed by atoms with van der Waals surface area (Å²) in [5, 5.41) is 9.02. The molecule has 2 saturated carbocycles. The number of aliphatic imine (C=N–C) groups is 1. The highest BCUT2D eigenvalue weighted by Crippen LogP contribution is 2.47. The van der Waals surface area contributed by atoms with Crippen molar-refractivity contribution >= 4 is 29.3 Å². The topological polar surface area (TPSA) is 95.1 Å². The first kappa shape index (κ1) is 24.6. The fourth-order valence-corrected chi connectivity index (χ4v) is 6.07. The maximum Gasteiger partial charge on any atom is 0.252 e. The van der Waals surface area contributed by atoms with E-state index in [9.17, 15) is 9.59 Å². The largest absolute Gasteiger partial charge is 0.364 e. The molecule has 6 rings (SSSR count). The van der Waals surface area contributed by atoms with Crippen LogP contribution >= 0.6 is 11.6 Å². The Labute approximate surface area is 222 Å². The van der Waals surface area contributed by atoms with Gasteiger partial charge in [-0.15, -0.1) is 0 Å². The van der Waals surface area contributed by atoms with Gasteiger partial charge in [-0.25, -0.2) is 10.0 Å². The lowest BCUT2D eigenvalue weighted by atomic mass is 9.83. The van der Waals surface area contributed by atoms with E-state index in [2.05, 4.69) is 22.1 Å². The summed E-state index contributed by atoms with van der Waals surface area (Å²) in [6.45, 7) is 0.282. The van der Waals surface area contributed by atoms with E-state index in [1.807, 2.05) is 36.4 Å². The van der Waals surface area contributed by atoms with Crippen LogP contribution in [0.4, 0.5) is 0 Å². The Morgan fingerprint density at radius 2 is 2.05 bits per heavy atom. The average Bonchev–Trinajstić information content (AvgIpc) is 3.57. The third-order valence-corrected chi connectivity index (χ3v) is 8.47. The number of allylic oxidation sites excluding steroid dienone is 3. The molecule has 8 nitrogen and oxygen atoms in total. The van der Waals surface area contributed by atoms with Crippen molar-refractivity contribution in [2.75, 3.05) is 6.61 Å². The lowest BCUT2D eigenvalue weighted by Crippen LogP contribution is -2.61. The van der Waals surface area contributed by atoms with Crippen molar-refractivity contribution in [2.45, 2.75) is 87.7 Å². The molecule has 1 aromatic carbocycles. The van der Waals surface area contributed by atoms with Crippen LogP contribution < -0.4 is 16.1 Å². The summed E-state index contributed by atoms with van der Waals surface area (Å²) in [5.41, 5.74) is 4.08. The van der Waals surface area contributed by atoms with Crippen LogP contribution in [-0.2, 0) is 19.9 Å². The second-order valence-corrected chi connectivity index (χ2v) is 11.3. The standard InChI is InChI=1S/C28H34ClN5O3/c29-21-11-7-10-20(16-21)27(14-15-27)32-25(36)28(12-5-2-6-13-28)37-18-22-17-23(35)34-26(30-22)31-24(33-34)19-8-3-1-4-9-19/h1,3,7-8,10-11,16,22,26,30H,2,4-6,9,12-15,17-18H2,(H,31,33)(H,32,36). The van der Waals surface area contributed by atoms with E-state index in [1.54, 1.807) is 5.01 Å². The molecular formula is C28H34ClN5O3. The number of ether oxygens (including phenoxy) is 1. The molecule has 2 atom stereocenters. The number of hydrogen-bond donors (Lipinski definition) is 3. The van der Waals surface area contributed by atoms with Crippen molar-refractivity contribution < 1.29 is 14.3 Å². The first-order valence-electron chi connectivity index (χ1n) is 13.5. The molecule has 5 aliphatic rings. The molecule has 196 valence electrons. The molecule has 2 amide bonds. The van der Waals surface area contributed by atoms with Crippen LogP contribution in [0.15, 0.2) is 53.1 Å². The van der Waals surface area contributed by atoms with Crippen LogP contribution in [0.2, 0.25) is 5.02 Å². The van der Waals surface area contributed by atoms with Gasteiger partial charge in [-0.3, -0.25) is 20.3 Å². The normalized spacial score (nSPS) is 27.6.